The van der Waals surface area contributed by atoms with Crippen LogP contribution in [0.4, 0.5) is 0 Å². The average molecular weight is 175 g/mol. The van der Waals surface area contributed by atoms with Crippen molar-refractivity contribution >= 4 is 6.29 Å². The van der Waals surface area contributed by atoms with Crippen molar-refractivity contribution in [3.63, 3.8) is 0 Å². The van der Waals surface area contributed by atoms with Crippen LogP contribution in [0.5, 0.6) is 5.88 Å². The Bertz CT molecular complexity index is 324. The summed E-state index contributed by atoms with van der Waals surface area (Å²) in [7, 11) is 0. The molecule has 1 aromatic heterocycles. The first-order chi connectivity index (χ1) is 6.26. The zero-order valence-electron chi connectivity index (χ0n) is 7.23. The predicted octanol–water partition coefficient (Wildman–Crippen LogP) is 1.29. The number of aldehydes is 1. The third kappa shape index (κ3) is 2.60. The highest BCUT2D eigenvalue weighted by Crippen LogP contribution is 2.07. The van der Waals surface area contributed by atoms with E-state index in [1.807, 2.05) is 0 Å². The van der Waals surface area contributed by atoms with Crippen LogP contribution in [0.25, 0.3) is 0 Å². The Kier molecular flexibility index (Phi) is 3.04. The number of aromatic nitrogens is 1. The van der Waals surface area contributed by atoms with Gasteiger partial charge in [0.2, 0.25) is 5.88 Å². The number of hydrogen-bond donors (Lipinski definition) is 0. The molecule has 1 aromatic rings. The summed E-state index contributed by atoms with van der Waals surface area (Å²) in [5, 5.41) is 0. The summed E-state index contributed by atoms with van der Waals surface area (Å²) in [4.78, 5) is 14.2. The first-order valence-electron chi connectivity index (χ1n) is 3.80. The van der Waals surface area contributed by atoms with Crippen molar-refractivity contribution in [1.82, 2.24) is 4.98 Å². The van der Waals surface area contributed by atoms with Crippen LogP contribution in [0.2, 0.25) is 0 Å². The van der Waals surface area contributed by atoms with Gasteiger partial charge in [0.25, 0.3) is 0 Å². The van der Waals surface area contributed by atoms with Crippen LogP contribution in [-0.4, -0.2) is 17.4 Å². The molecule has 13 heavy (non-hydrogen) atoms. The zero-order chi connectivity index (χ0) is 9.68. The normalized spacial score (nSPS) is 11.4. The van der Waals surface area contributed by atoms with E-state index >= 15 is 0 Å². The van der Waals surface area contributed by atoms with Crippen molar-refractivity contribution in [3.05, 3.63) is 23.9 Å². The zero-order valence-corrected chi connectivity index (χ0v) is 7.23. The van der Waals surface area contributed by atoms with E-state index < -0.39 is 0 Å². The summed E-state index contributed by atoms with van der Waals surface area (Å²) >= 11 is 0. The van der Waals surface area contributed by atoms with E-state index in [9.17, 15) is 4.79 Å². The molecule has 0 saturated heterocycles. The minimum Gasteiger partial charge on any atom is -0.461 e. The lowest BCUT2D eigenvalue weighted by molar-refractivity contribution is 0.112. The molecule has 0 aliphatic carbocycles. The van der Waals surface area contributed by atoms with Gasteiger partial charge in [-0.1, -0.05) is 5.92 Å². The maximum Gasteiger partial charge on any atom is 0.214 e. The molecule has 0 spiro atoms. The Labute approximate surface area is 76.8 Å². The summed E-state index contributed by atoms with van der Waals surface area (Å²) in [5.74, 6) is 2.84. The van der Waals surface area contributed by atoms with Gasteiger partial charge < -0.3 is 4.74 Å². The summed E-state index contributed by atoms with van der Waals surface area (Å²) in [5.41, 5.74) is 0.515. The van der Waals surface area contributed by atoms with Crippen molar-refractivity contribution in [2.75, 3.05) is 0 Å². The third-order valence-corrected chi connectivity index (χ3v) is 1.43. The highest BCUT2D eigenvalue weighted by Gasteiger charge is 1.99. The molecule has 0 aliphatic heterocycles. The molecule has 0 bridgehead atoms. The van der Waals surface area contributed by atoms with Gasteiger partial charge in [0.1, 0.15) is 0 Å². The van der Waals surface area contributed by atoms with Gasteiger partial charge >= 0.3 is 0 Å². The fraction of sp³-hybridized carbons (Fsp3) is 0.200. The van der Waals surface area contributed by atoms with Crippen molar-refractivity contribution < 1.29 is 9.53 Å². The van der Waals surface area contributed by atoms with E-state index in [-0.39, 0.29) is 6.10 Å². The van der Waals surface area contributed by atoms with Crippen molar-refractivity contribution in [2.24, 2.45) is 0 Å². The lowest BCUT2D eigenvalue weighted by atomic mass is 10.3. The number of nitrogens with zero attached hydrogens (tertiary/aromatic N) is 1. The number of terminal acetylenes is 1. The van der Waals surface area contributed by atoms with Crippen molar-refractivity contribution in [2.45, 2.75) is 13.0 Å². The van der Waals surface area contributed by atoms with Gasteiger partial charge in [-0.25, -0.2) is 4.98 Å². The molecule has 0 aromatic carbocycles. The first kappa shape index (κ1) is 9.27. The first-order valence-corrected chi connectivity index (χ1v) is 3.80. The summed E-state index contributed by atoms with van der Waals surface area (Å²) in [6, 6.07) is 3.23. The average Bonchev–Trinajstić information content (AvgIpc) is 2.19. The molecule has 0 fully saturated rings. The van der Waals surface area contributed by atoms with Crippen LogP contribution in [0.1, 0.15) is 17.3 Å². The third-order valence-electron chi connectivity index (χ3n) is 1.43. The quantitative estimate of drug-likeness (QED) is 0.513. The van der Waals surface area contributed by atoms with Crippen LogP contribution < -0.4 is 4.74 Å². The van der Waals surface area contributed by atoms with Crippen LogP contribution in [0.3, 0.4) is 0 Å². The maximum atomic E-state index is 10.3. The number of pyridine rings is 1. The molecule has 1 rings (SSSR count). The SMILES string of the molecule is C#CC(C)Oc1ccc(C=O)cn1. The second kappa shape index (κ2) is 4.27. The minimum atomic E-state index is -0.311. The fourth-order valence-electron chi connectivity index (χ4n) is 0.746. The molecule has 66 valence electrons. The smallest absolute Gasteiger partial charge is 0.214 e. The van der Waals surface area contributed by atoms with Gasteiger partial charge in [-0.2, -0.15) is 0 Å². The van der Waals surface area contributed by atoms with Crippen molar-refractivity contribution in [1.29, 1.82) is 0 Å². The molecule has 0 aliphatic rings. The van der Waals surface area contributed by atoms with Crippen molar-refractivity contribution in [3.8, 4) is 18.2 Å². The molecule has 3 nitrogen and oxygen atoms in total. The number of rotatable bonds is 3. The van der Waals surface area contributed by atoms with Crippen LogP contribution >= 0.6 is 0 Å². The van der Waals surface area contributed by atoms with E-state index in [2.05, 4.69) is 10.9 Å². The second-order valence-electron chi connectivity index (χ2n) is 2.47. The molecule has 0 saturated carbocycles. The van der Waals surface area contributed by atoms with Gasteiger partial charge in [-0.15, -0.1) is 6.42 Å². The number of carbonyl (C=O) groups excluding carboxylic acids is 1. The molecule has 1 heterocycles. The number of hydrogen-bond acceptors (Lipinski definition) is 3. The van der Waals surface area contributed by atoms with E-state index in [0.29, 0.717) is 11.4 Å². The Morgan fingerprint density at radius 3 is 2.92 bits per heavy atom. The van der Waals surface area contributed by atoms with Gasteiger partial charge in [-0.3, -0.25) is 4.79 Å². The summed E-state index contributed by atoms with van der Waals surface area (Å²) in [6.45, 7) is 1.75. The van der Waals surface area contributed by atoms with Gasteiger partial charge in [0.15, 0.2) is 12.4 Å². The highest BCUT2D eigenvalue weighted by atomic mass is 16.5. The number of ether oxygens (including phenoxy) is 1. The molecule has 0 N–H and O–H groups in total. The highest BCUT2D eigenvalue weighted by molar-refractivity contribution is 5.73. The number of carbonyl (C=O) groups is 1. The second-order valence-corrected chi connectivity index (χ2v) is 2.47. The van der Waals surface area contributed by atoms with Gasteiger partial charge in [0.05, 0.1) is 0 Å². The van der Waals surface area contributed by atoms with E-state index in [0.717, 1.165) is 6.29 Å². The molecule has 3 heteroatoms. The predicted molar refractivity (Wildman–Crippen MR) is 48.5 cm³/mol. The van der Waals surface area contributed by atoms with E-state index in [1.54, 1.807) is 19.1 Å². The largest absolute Gasteiger partial charge is 0.461 e. The molecule has 1 unspecified atom stereocenters. The molecule has 0 amide bonds. The van der Waals surface area contributed by atoms with Crippen LogP contribution in [0.15, 0.2) is 18.3 Å². The monoisotopic (exact) mass is 175 g/mol. The van der Waals surface area contributed by atoms with E-state index in [1.165, 1.54) is 6.20 Å². The summed E-state index contributed by atoms with van der Waals surface area (Å²) < 4.78 is 5.20. The minimum absolute atomic E-state index is 0.311. The Hall–Kier alpha value is -1.82. The van der Waals surface area contributed by atoms with Gasteiger partial charge in [0, 0.05) is 17.8 Å². The molecular weight excluding hydrogens is 166 g/mol. The van der Waals surface area contributed by atoms with Crippen LogP contribution in [-0.2, 0) is 0 Å². The lowest BCUT2D eigenvalue weighted by Crippen LogP contribution is -2.09. The molecule has 1 atom stereocenters. The standard InChI is InChI=1S/C10H9NO2/c1-3-8(2)13-10-5-4-9(7-12)6-11-10/h1,4-8H,2H3. The van der Waals surface area contributed by atoms with E-state index in [4.69, 9.17) is 11.2 Å². The Balaban J connectivity index is 2.70. The Morgan fingerprint density at radius 1 is 1.69 bits per heavy atom. The Morgan fingerprint density at radius 2 is 2.46 bits per heavy atom. The van der Waals surface area contributed by atoms with Crippen LogP contribution in [0, 0.1) is 12.3 Å². The molecule has 0 radical (unpaired) electrons. The topological polar surface area (TPSA) is 39.2 Å². The lowest BCUT2D eigenvalue weighted by Gasteiger charge is -2.06. The fourth-order valence-corrected chi connectivity index (χ4v) is 0.746. The van der Waals surface area contributed by atoms with Gasteiger partial charge in [-0.05, 0) is 13.0 Å². The molecular formula is C10H9NO2. The summed E-state index contributed by atoms with van der Waals surface area (Å²) in [6.07, 6.45) is 6.97. The maximum absolute atomic E-state index is 10.3.